The van der Waals surface area contributed by atoms with Gasteiger partial charge in [0.15, 0.2) is 0 Å². The molecule has 2 rings (SSSR count). The number of anilines is 1. The highest BCUT2D eigenvalue weighted by molar-refractivity contribution is 7.89. The molecule has 0 unspecified atom stereocenters. The molecule has 1 aromatic rings. The summed E-state index contributed by atoms with van der Waals surface area (Å²) in [5.74, 6) is -0.922. The van der Waals surface area contributed by atoms with Crippen molar-refractivity contribution in [2.45, 2.75) is 12.6 Å². The van der Waals surface area contributed by atoms with Gasteiger partial charge >= 0.3 is 6.18 Å². The molecular formula is C13H17F3N4O3S. The first-order chi connectivity index (χ1) is 11.1. The molecule has 0 bridgehead atoms. The molecule has 0 atom stereocenters. The van der Waals surface area contributed by atoms with Gasteiger partial charge in [0, 0.05) is 38.8 Å². The van der Waals surface area contributed by atoms with Gasteiger partial charge in [-0.25, -0.2) is 13.4 Å². The fourth-order valence-electron chi connectivity index (χ4n) is 2.32. The number of hydrogen-bond donors (Lipinski definition) is 1. The molecule has 7 nitrogen and oxygen atoms in total. The lowest BCUT2D eigenvalue weighted by molar-refractivity contribution is -0.137. The molecule has 1 aromatic heterocycles. The molecule has 2 N–H and O–H groups in total. The van der Waals surface area contributed by atoms with E-state index in [0.29, 0.717) is 0 Å². The average Bonchev–Trinajstić information content (AvgIpc) is 2.52. The van der Waals surface area contributed by atoms with Crippen LogP contribution in [0.2, 0.25) is 0 Å². The number of halogens is 3. The number of aromatic nitrogens is 1. The van der Waals surface area contributed by atoms with E-state index >= 15 is 0 Å². The van der Waals surface area contributed by atoms with Crippen LogP contribution in [0.4, 0.5) is 19.0 Å². The molecule has 0 aromatic carbocycles. The summed E-state index contributed by atoms with van der Waals surface area (Å²) in [6, 6.07) is 1.82. The molecule has 1 amide bonds. The molecule has 1 fully saturated rings. The normalized spacial score (nSPS) is 17.0. The van der Waals surface area contributed by atoms with Crippen molar-refractivity contribution in [3.63, 3.8) is 0 Å². The number of hydrogen-bond acceptors (Lipinski definition) is 5. The largest absolute Gasteiger partial charge is 0.416 e. The van der Waals surface area contributed by atoms with Crippen molar-refractivity contribution in [1.82, 2.24) is 9.29 Å². The Hall–Kier alpha value is -1.88. The second-order valence-electron chi connectivity index (χ2n) is 5.32. The monoisotopic (exact) mass is 366 g/mol. The maximum absolute atomic E-state index is 12.7. The minimum absolute atomic E-state index is 0.110. The fraction of sp³-hybridized carbons (Fsp3) is 0.538. The Bertz CT molecular complexity index is 701. The Morgan fingerprint density at radius 3 is 2.42 bits per heavy atom. The first-order valence-corrected chi connectivity index (χ1v) is 8.75. The van der Waals surface area contributed by atoms with Crippen molar-refractivity contribution < 1.29 is 26.4 Å². The molecular weight excluding hydrogens is 349 g/mol. The highest BCUT2D eigenvalue weighted by atomic mass is 32.2. The molecule has 1 aliphatic rings. The van der Waals surface area contributed by atoms with E-state index in [1.54, 1.807) is 4.90 Å². The minimum Gasteiger partial charge on any atom is -0.370 e. The number of carbonyl (C=O) groups excluding carboxylic acids is 1. The molecule has 0 spiro atoms. The lowest BCUT2D eigenvalue weighted by Crippen LogP contribution is -2.49. The predicted octanol–water partition coefficient (Wildman–Crippen LogP) is 0.428. The van der Waals surface area contributed by atoms with Crippen molar-refractivity contribution in [2.24, 2.45) is 5.73 Å². The second kappa shape index (κ2) is 6.93. The number of rotatable bonds is 5. The third-order valence-electron chi connectivity index (χ3n) is 3.64. The number of pyridine rings is 1. The molecule has 24 heavy (non-hydrogen) atoms. The van der Waals surface area contributed by atoms with Crippen molar-refractivity contribution in [3.8, 4) is 0 Å². The number of nitrogens with zero attached hydrogens (tertiary/aromatic N) is 3. The van der Waals surface area contributed by atoms with Crippen LogP contribution in [0, 0.1) is 0 Å². The maximum atomic E-state index is 12.7. The van der Waals surface area contributed by atoms with Gasteiger partial charge in [-0.15, -0.1) is 0 Å². The molecule has 0 radical (unpaired) electrons. The van der Waals surface area contributed by atoms with E-state index in [1.807, 2.05) is 0 Å². The Morgan fingerprint density at radius 1 is 1.25 bits per heavy atom. The number of sulfonamides is 1. The average molecular weight is 366 g/mol. The summed E-state index contributed by atoms with van der Waals surface area (Å²) in [6.07, 6.45) is -3.65. The third-order valence-corrected chi connectivity index (χ3v) is 5.51. The molecule has 134 valence electrons. The van der Waals surface area contributed by atoms with E-state index in [1.165, 1.54) is 4.31 Å². The molecule has 1 saturated heterocycles. The van der Waals surface area contributed by atoms with Crippen LogP contribution >= 0.6 is 0 Å². The van der Waals surface area contributed by atoms with Gasteiger partial charge in [0.2, 0.25) is 15.9 Å². The van der Waals surface area contributed by atoms with Crippen LogP contribution in [0.1, 0.15) is 12.0 Å². The SMILES string of the molecule is NC(=O)CCS(=O)(=O)N1CCN(c2cc(C(F)(F)F)ccn2)CC1. The van der Waals surface area contributed by atoms with E-state index in [-0.39, 0.29) is 44.2 Å². The number of amides is 1. The maximum Gasteiger partial charge on any atom is 0.416 e. The van der Waals surface area contributed by atoms with Crippen LogP contribution in [-0.4, -0.2) is 55.5 Å². The Kier molecular flexibility index (Phi) is 5.33. The lowest BCUT2D eigenvalue weighted by atomic mass is 10.2. The van der Waals surface area contributed by atoms with Gasteiger partial charge in [0.25, 0.3) is 0 Å². The van der Waals surface area contributed by atoms with Crippen LogP contribution in [-0.2, 0) is 21.0 Å². The number of piperazine rings is 1. The smallest absolute Gasteiger partial charge is 0.370 e. The van der Waals surface area contributed by atoms with Crippen molar-refractivity contribution >= 4 is 21.7 Å². The van der Waals surface area contributed by atoms with E-state index in [4.69, 9.17) is 5.73 Å². The molecule has 2 heterocycles. The zero-order chi connectivity index (χ0) is 18.0. The van der Waals surface area contributed by atoms with E-state index in [2.05, 4.69) is 4.98 Å². The van der Waals surface area contributed by atoms with Crippen LogP contribution in [0.3, 0.4) is 0 Å². The number of primary amides is 1. The minimum atomic E-state index is -4.46. The first-order valence-electron chi connectivity index (χ1n) is 7.14. The van der Waals surface area contributed by atoms with E-state index in [0.717, 1.165) is 18.3 Å². The van der Waals surface area contributed by atoms with Crippen molar-refractivity contribution in [2.75, 3.05) is 36.8 Å². The molecule has 11 heteroatoms. The summed E-state index contributed by atoms with van der Waals surface area (Å²) in [4.78, 5) is 16.2. The van der Waals surface area contributed by atoms with Crippen molar-refractivity contribution in [3.05, 3.63) is 23.9 Å². The summed E-state index contributed by atoms with van der Waals surface area (Å²) < 4.78 is 63.5. The van der Waals surface area contributed by atoms with Gasteiger partial charge in [-0.2, -0.15) is 17.5 Å². The molecule has 0 saturated carbocycles. The van der Waals surface area contributed by atoms with Crippen LogP contribution in [0.15, 0.2) is 18.3 Å². The zero-order valence-corrected chi connectivity index (χ0v) is 13.5. The predicted molar refractivity (Wildman–Crippen MR) is 80.6 cm³/mol. The van der Waals surface area contributed by atoms with E-state index in [9.17, 15) is 26.4 Å². The number of nitrogens with two attached hydrogens (primary N) is 1. The third kappa shape index (κ3) is 4.57. The first kappa shape index (κ1) is 18.5. The topological polar surface area (TPSA) is 96.6 Å². The molecule has 1 aliphatic heterocycles. The van der Waals surface area contributed by atoms with Crippen LogP contribution in [0.25, 0.3) is 0 Å². The van der Waals surface area contributed by atoms with Gasteiger partial charge in [0.1, 0.15) is 5.82 Å². The highest BCUT2D eigenvalue weighted by Gasteiger charge is 2.32. The summed E-state index contributed by atoms with van der Waals surface area (Å²) in [6.45, 7) is 0.645. The van der Waals surface area contributed by atoms with E-state index < -0.39 is 27.7 Å². The summed E-state index contributed by atoms with van der Waals surface area (Å²) in [7, 11) is -3.61. The molecule has 0 aliphatic carbocycles. The lowest BCUT2D eigenvalue weighted by Gasteiger charge is -2.34. The summed E-state index contributed by atoms with van der Waals surface area (Å²) in [5.41, 5.74) is 4.14. The van der Waals surface area contributed by atoms with Crippen LogP contribution < -0.4 is 10.6 Å². The van der Waals surface area contributed by atoms with Gasteiger partial charge in [-0.3, -0.25) is 4.79 Å². The fourth-order valence-corrected chi connectivity index (χ4v) is 3.76. The van der Waals surface area contributed by atoms with Gasteiger partial charge in [0.05, 0.1) is 11.3 Å². The van der Waals surface area contributed by atoms with Gasteiger partial charge in [-0.1, -0.05) is 0 Å². The second-order valence-corrected chi connectivity index (χ2v) is 7.41. The Balaban J connectivity index is 2.01. The Labute approximate surface area is 137 Å². The number of alkyl halides is 3. The van der Waals surface area contributed by atoms with Gasteiger partial charge in [-0.05, 0) is 12.1 Å². The summed E-state index contributed by atoms with van der Waals surface area (Å²) in [5, 5.41) is 0. The standard InChI is InChI=1S/C13H17F3N4O3S/c14-13(15,16)10-1-3-18-12(9-10)19-4-6-20(7-5-19)24(22,23)8-2-11(17)21/h1,3,9H,2,4-8H2,(H2,17,21). The Morgan fingerprint density at radius 2 is 1.88 bits per heavy atom. The highest BCUT2D eigenvalue weighted by Crippen LogP contribution is 2.30. The summed E-state index contributed by atoms with van der Waals surface area (Å²) >= 11 is 0. The quantitative estimate of drug-likeness (QED) is 0.815. The zero-order valence-electron chi connectivity index (χ0n) is 12.7. The van der Waals surface area contributed by atoms with Crippen LogP contribution in [0.5, 0.6) is 0 Å². The van der Waals surface area contributed by atoms with Gasteiger partial charge < -0.3 is 10.6 Å². The van der Waals surface area contributed by atoms with Crippen molar-refractivity contribution in [1.29, 1.82) is 0 Å². The number of carbonyl (C=O) groups is 1.